The zero-order valence-corrected chi connectivity index (χ0v) is 15.8. The molecule has 4 unspecified atom stereocenters. The lowest BCUT2D eigenvalue weighted by atomic mass is 10.1. The molecule has 29 heavy (non-hydrogen) atoms. The predicted molar refractivity (Wildman–Crippen MR) is 96.5 cm³/mol. The fourth-order valence-corrected chi connectivity index (χ4v) is 2.20. The van der Waals surface area contributed by atoms with Crippen LogP contribution in [0.3, 0.4) is 0 Å². The summed E-state index contributed by atoms with van der Waals surface area (Å²) in [5, 5.41) is 33.5. The van der Waals surface area contributed by atoms with Gasteiger partial charge in [-0.25, -0.2) is 9.59 Å². The summed E-state index contributed by atoms with van der Waals surface area (Å²) in [7, 11) is 0. The van der Waals surface area contributed by atoms with Crippen LogP contribution in [-0.4, -0.2) is 75.6 Å². The molecule has 0 radical (unpaired) electrons. The van der Waals surface area contributed by atoms with Gasteiger partial charge in [0.1, 0.15) is 24.2 Å². The molecule has 0 aromatic rings. The maximum absolute atomic E-state index is 12.0. The molecule has 0 aromatic carbocycles. The third-order valence-corrected chi connectivity index (χ3v) is 3.94. The van der Waals surface area contributed by atoms with Crippen LogP contribution in [0.1, 0.15) is 39.0 Å². The molecule has 0 spiro atoms. The molecular weight excluding hydrogens is 392 g/mol. The summed E-state index contributed by atoms with van der Waals surface area (Å²) in [5.74, 6) is -5.47. The molecule has 0 aliphatic rings. The van der Waals surface area contributed by atoms with E-state index in [0.29, 0.717) is 0 Å². The Morgan fingerprint density at radius 1 is 0.897 bits per heavy atom. The van der Waals surface area contributed by atoms with Crippen LogP contribution in [0.15, 0.2) is 0 Å². The normalized spacial score (nSPS) is 14.6. The van der Waals surface area contributed by atoms with Crippen molar-refractivity contribution in [2.24, 2.45) is 5.73 Å². The second-order valence-corrected chi connectivity index (χ2v) is 6.28. The third-order valence-electron chi connectivity index (χ3n) is 3.94. The fourth-order valence-electron chi connectivity index (χ4n) is 2.20. The number of rotatable bonds is 15. The summed E-state index contributed by atoms with van der Waals surface area (Å²) in [5.41, 5.74) is 5.32. The van der Waals surface area contributed by atoms with Crippen molar-refractivity contribution < 1.29 is 44.1 Å². The number of carboxylic acids is 3. The number of amides is 3. The summed E-state index contributed by atoms with van der Waals surface area (Å²) in [4.78, 5) is 67.1. The van der Waals surface area contributed by atoms with Gasteiger partial charge in [0, 0.05) is 6.42 Å². The lowest BCUT2D eigenvalue weighted by molar-refractivity contribution is -0.143. The average Bonchev–Trinajstić information content (AvgIpc) is 2.63. The van der Waals surface area contributed by atoms with E-state index in [0.717, 1.165) is 0 Å². The van der Waals surface area contributed by atoms with Crippen LogP contribution in [-0.2, 0) is 28.8 Å². The van der Waals surface area contributed by atoms with Gasteiger partial charge in [0.25, 0.3) is 0 Å². The minimum absolute atomic E-state index is 0.0229. The van der Waals surface area contributed by atoms with Crippen LogP contribution >= 0.6 is 0 Å². The van der Waals surface area contributed by atoms with E-state index in [1.165, 1.54) is 6.92 Å². The van der Waals surface area contributed by atoms with Crippen molar-refractivity contribution in [1.82, 2.24) is 16.0 Å². The fraction of sp³-hybridized carbons (Fsp3) is 0.625. The van der Waals surface area contributed by atoms with Crippen molar-refractivity contribution in [3.63, 3.8) is 0 Å². The molecule has 13 nitrogen and oxygen atoms in total. The molecule has 0 saturated heterocycles. The minimum Gasteiger partial charge on any atom is -0.480 e. The van der Waals surface area contributed by atoms with Gasteiger partial charge in [-0.15, -0.1) is 0 Å². The van der Waals surface area contributed by atoms with Crippen LogP contribution in [0.4, 0.5) is 0 Å². The highest BCUT2D eigenvalue weighted by Crippen LogP contribution is 2.06. The number of nitrogens with two attached hydrogens (primary N) is 1. The van der Waals surface area contributed by atoms with E-state index in [4.69, 9.17) is 21.1 Å². The van der Waals surface area contributed by atoms with Crippen LogP contribution < -0.4 is 21.7 Å². The van der Waals surface area contributed by atoms with Gasteiger partial charge in [-0.2, -0.15) is 0 Å². The van der Waals surface area contributed by atoms with Gasteiger partial charge in [0.2, 0.25) is 18.2 Å². The number of carbonyl (C=O) groups is 6. The van der Waals surface area contributed by atoms with E-state index >= 15 is 0 Å². The first-order valence-corrected chi connectivity index (χ1v) is 8.73. The number of carboxylic acid groups (broad SMARTS) is 3. The van der Waals surface area contributed by atoms with Crippen LogP contribution in [0, 0.1) is 0 Å². The van der Waals surface area contributed by atoms with Crippen molar-refractivity contribution in [1.29, 1.82) is 0 Å². The van der Waals surface area contributed by atoms with Crippen molar-refractivity contribution >= 4 is 36.1 Å². The molecule has 13 heteroatoms. The lowest BCUT2D eigenvalue weighted by Gasteiger charge is -2.18. The molecule has 164 valence electrons. The van der Waals surface area contributed by atoms with Crippen LogP contribution in [0.5, 0.6) is 0 Å². The molecule has 0 aromatic heterocycles. The summed E-state index contributed by atoms with van der Waals surface area (Å²) in [6.07, 6.45) is -0.309. The Bertz CT molecular complexity index is 626. The van der Waals surface area contributed by atoms with E-state index in [2.05, 4.69) is 16.0 Å². The Hall–Kier alpha value is -3.22. The van der Waals surface area contributed by atoms with E-state index in [1.807, 2.05) is 0 Å². The number of carbonyl (C=O) groups excluding carboxylic acids is 3. The summed E-state index contributed by atoms with van der Waals surface area (Å²) in [6.45, 7) is 1.34. The van der Waals surface area contributed by atoms with Gasteiger partial charge in [-0.05, 0) is 32.6 Å². The van der Waals surface area contributed by atoms with Crippen LogP contribution in [0.2, 0.25) is 0 Å². The Labute approximate surface area is 166 Å². The van der Waals surface area contributed by atoms with Gasteiger partial charge in [-0.1, -0.05) is 0 Å². The van der Waals surface area contributed by atoms with Gasteiger partial charge < -0.3 is 37.0 Å². The first-order chi connectivity index (χ1) is 13.5. The van der Waals surface area contributed by atoms with E-state index < -0.39 is 53.9 Å². The zero-order chi connectivity index (χ0) is 22.6. The number of aliphatic carboxylic acids is 3. The summed E-state index contributed by atoms with van der Waals surface area (Å²) >= 11 is 0. The topological polar surface area (TPSA) is 225 Å². The maximum atomic E-state index is 12.0. The van der Waals surface area contributed by atoms with Gasteiger partial charge in [0.05, 0.1) is 0 Å². The van der Waals surface area contributed by atoms with E-state index in [-0.39, 0.29) is 38.5 Å². The first-order valence-electron chi connectivity index (χ1n) is 8.73. The zero-order valence-electron chi connectivity index (χ0n) is 15.8. The SMILES string of the molecule is CC(NC=O)C(=O)NC(CCC(=O)NC(CCCC(N)C(=O)O)C(=O)O)C(=O)O. The highest BCUT2D eigenvalue weighted by atomic mass is 16.4. The molecular formula is C16H26N4O9. The molecule has 4 atom stereocenters. The molecule has 0 bridgehead atoms. The van der Waals surface area contributed by atoms with Gasteiger partial charge >= 0.3 is 17.9 Å². The predicted octanol–water partition coefficient (Wildman–Crippen LogP) is -2.38. The number of nitrogens with one attached hydrogen (secondary N) is 3. The second-order valence-electron chi connectivity index (χ2n) is 6.28. The first kappa shape index (κ1) is 25.8. The molecule has 0 heterocycles. The van der Waals surface area contributed by atoms with E-state index in [9.17, 15) is 28.8 Å². The lowest BCUT2D eigenvalue weighted by Crippen LogP contribution is -2.49. The molecule has 3 amide bonds. The van der Waals surface area contributed by atoms with Crippen molar-refractivity contribution in [3.05, 3.63) is 0 Å². The minimum atomic E-state index is -1.42. The smallest absolute Gasteiger partial charge is 0.326 e. The molecule has 0 aliphatic heterocycles. The molecule has 8 N–H and O–H groups in total. The second kappa shape index (κ2) is 13.0. The molecule has 0 rings (SSSR count). The Kier molecular flexibility index (Phi) is 11.6. The van der Waals surface area contributed by atoms with Gasteiger partial charge in [0.15, 0.2) is 0 Å². The largest absolute Gasteiger partial charge is 0.480 e. The molecule has 0 aliphatic carbocycles. The molecule has 0 saturated carbocycles. The quantitative estimate of drug-likeness (QED) is 0.140. The standard InChI is InChI=1S/C16H26N4O9/c1-8(18-7-21)13(23)20-11(16(28)29)5-6-12(22)19-10(15(26)27)4-2-3-9(17)14(24)25/h7-11H,2-6,17H2,1H3,(H,18,21)(H,19,22)(H,20,23)(H,24,25)(H,26,27)(H,28,29). The third kappa shape index (κ3) is 10.6. The Balaban J connectivity index is 4.62. The summed E-state index contributed by atoms with van der Waals surface area (Å²) in [6, 6.07) is -4.83. The summed E-state index contributed by atoms with van der Waals surface area (Å²) < 4.78 is 0. The van der Waals surface area contributed by atoms with Crippen molar-refractivity contribution in [2.45, 2.75) is 63.2 Å². The van der Waals surface area contributed by atoms with Gasteiger partial charge in [-0.3, -0.25) is 19.2 Å². The highest BCUT2D eigenvalue weighted by molar-refractivity contribution is 5.88. The molecule has 0 fully saturated rings. The number of hydrogen-bond donors (Lipinski definition) is 7. The maximum Gasteiger partial charge on any atom is 0.326 e. The van der Waals surface area contributed by atoms with Crippen molar-refractivity contribution in [2.75, 3.05) is 0 Å². The average molecular weight is 418 g/mol. The van der Waals surface area contributed by atoms with E-state index in [1.54, 1.807) is 0 Å². The number of hydrogen-bond acceptors (Lipinski definition) is 7. The Morgan fingerprint density at radius 3 is 1.93 bits per heavy atom. The highest BCUT2D eigenvalue weighted by Gasteiger charge is 2.25. The Morgan fingerprint density at radius 2 is 1.45 bits per heavy atom. The van der Waals surface area contributed by atoms with Crippen LogP contribution in [0.25, 0.3) is 0 Å². The van der Waals surface area contributed by atoms with Crippen molar-refractivity contribution in [3.8, 4) is 0 Å². The monoisotopic (exact) mass is 418 g/mol.